The summed E-state index contributed by atoms with van der Waals surface area (Å²) in [5.41, 5.74) is 0.340. The molecule has 1 aromatic carbocycles. The smallest absolute Gasteiger partial charge is 0.768 e. The molecule has 5 heteroatoms. The van der Waals surface area contributed by atoms with Crippen molar-refractivity contribution in [1.82, 2.24) is 0 Å². The summed E-state index contributed by atoms with van der Waals surface area (Å²) in [6.07, 6.45) is 0. The Hall–Kier alpha value is -0.180. The van der Waals surface area contributed by atoms with Crippen molar-refractivity contribution in [3.05, 3.63) is 35.7 Å². The summed E-state index contributed by atoms with van der Waals surface area (Å²) < 4.78 is 20.7. The van der Waals surface area contributed by atoms with Gasteiger partial charge in [0.25, 0.3) is 0 Å². The molecule has 0 fully saturated rings. The van der Waals surface area contributed by atoms with Gasteiger partial charge in [-0.3, -0.25) is 4.21 Å². The molecule has 0 heterocycles. The van der Waals surface area contributed by atoms with E-state index in [0.717, 1.165) is 0 Å². The molecule has 1 rings (SSSR count). The molecule has 56 valence electrons. The molecule has 12 heavy (non-hydrogen) atoms. The van der Waals surface area contributed by atoms with Crippen LogP contribution >= 0.6 is 0 Å². The van der Waals surface area contributed by atoms with Gasteiger partial charge < -0.3 is 4.55 Å². The number of rotatable bonds is 1. The monoisotopic (exact) mass is 189 g/mol. The number of hydrogen-bond donors (Lipinski definition) is 0. The maximum Gasteiger partial charge on any atom is 1.00 e. The molecule has 0 radical (unpaired) electrons. The summed E-state index contributed by atoms with van der Waals surface area (Å²) >= 11 is -2.23. The van der Waals surface area contributed by atoms with Crippen LogP contribution in [0.25, 0.3) is 4.85 Å². The van der Waals surface area contributed by atoms with Gasteiger partial charge in [0.2, 0.25) is 0 Å². The van der Waals surface area contributed by atoms with Crippen LogP contribution in [0.15, 0.2) is 29.2 Å². The number of nitrogens with zero attached hydrogens (tertiary/aromatic N) is 1. The zero-order valence-electron chi connectivity index (χ0n) is 6.48. The van der Waals surface area contributed by atoms with Crippen molar-refractivity contribution >= 4 is 16.8 Å². The summed E-state index contributed by atoms with van der Waals surface area (Å²) in [7, 11) is 0. The zero-order chi connectivity index (χ0) is 8.27. The van der Waals surface area contributed by atoms with Gasteiger partial charge in [-0.25, -0.2) is 4.85 Å². The van der Waals surface area contributed by atoms with Gasteiger partial charge in [0.15, 0.2) is 5.69 Å². The van der Waals surface area contributed by atoms with Gasteiger partial charge in [0.1, 0.15) is 0 Å². The molecule has 0 N–H and O–H groups in total. The maximum absolute atomic E-state index is 10.4. The molecule has 0 saturated heterocycles. The third-order valence-corrected chi connectivity index (χ3v) is 1.78. The second-order valence-corrected chi connectivity index (χ2v) is 2.78. The van der Waals surface area contributed by atoms with Gasteiger partial charge in [-0.1, -0.05) is 12.1 Å². The van der Waals surface area contributed by atoms with Crippen molar-refractivity contribution in [2.75, 3.05) is 0 Å². The van der Waals surface area contributed by atoms with E-state index in [0.29, 0.717) is 5.69 Å². The topological polar surface area (TPSA) is 44.5 Å². The Morgan fingerprint density at radius 1 is 1.50 bits per heavy atom. The molecule has 0 aromatic heterocycles. The summed E-state index contributed by atoms with van der Waals surface area (Å²) in [4.78, 5) is 3.24. The first-order valence-corrected chi connectivity index (χ1v) is 3.88. The Morgan fingerprint density at radius 3 is 2.67 bits per heavy atom. The molecule has 0 aliphatic heterocycles. The van der Waals surface area contributed by atoms with Crippen LogP contribution < -0.4 is 29.6 Å². The fourth-order valence-electron chi connectivity index (χ4n) is 0.657. The third kappa shape index (κ3) is 3.05. The van der Waals surface area contributed by atoms with Crippen molar-refractivity contribution in [3.63, 3.8) is 0 Å². The number of benzene rings is 1. The fraction of sp³-hybridized carbons (Fsp3) is 0. The van der Waals surface area contributed by atoms with Gasteiger partial charge in [-0.05, 0) is 23.2 Å². The van der Waals surface area contributed by atoms with Crippen LogP contribution in [0.4, 0.5) is 5.69 Å². The summed E-state index contributed by atoms with van der Waals surface area (Å²) in [6.45, 7) is 6.61. The standard InChI is InChI=1S/C7H5NO2S.Na/c1-8-6-3-2-4-7(5-6)11(9)10;/h2-5H,(H,9,10);/q;+1/p-1. The molecule has 0 aliphatic carbocycles. The van der Waals surface area contributed by atoms with Gasteiger partial charge in [0, 0.05) is 4.90 Å². The summed E-state index contributed by atoms with van der Waals surface area (Å²) in [5, 5.41) is 0. The molecule has 0 saturated carbocycles. The largest absolute Gasteiger partial charge is 1.00 e. The first kappa shape index (κ1) is 11.8. The zero-order valence-corrected chi connectivity index (χ0v) is 9.30. The van der Waals surface area contributed by atoms with Gasteiger partial charge >= 0.3 is 29.6 Å². The van der Waals surface area contributed by atoms with Crippen molar-refractivity contribution in [2.24, 2.45) is 0 Å². The van der Waals surface area contributed by atoms with Gasteiger partial charge in [-0.15, -0.1) is 0 Å². The second-order valence-electron chi connectivity index (χ2n) is 1.84. The van der Waals surface area contributed by atoms with E-state index in [-0.39, 0.29) is 34.5 Å². The minimum atomic E-state index is -2.23. The van der Waals surface area contributed by atoms with Crippen molar-refractivity contribution in [1.29, 1.82) is 0 Å². The van der Waals surface area contributed by atoms with Crippen LogP contribution in [0.3, 0.4) is 0 Å². The van der Waals surface area contributed by atoms with Gasteiger partial charge in [0.05, 0.1) is 6.57 Å². The Bertz CT molecular complexity index is 334. The maximum atomic E-state index is 10.4. The Morgan fingerprint density at radius 2 is 2.17 bits per heavy atom. The van der Waals surface area contributed by atoms with Gasteiger partial charge in [-0.2, -0.15) is 0 Å². The average Bonchev–Trinajstić information content (AvgIpc) is 2.05. The van der Waals surface area contributed by atoms with E-state index in [1.54, 1.807) is 12.1 Å². The predicted octanol–water partition coefficient (Wildman–Crippen LogP) is -1.52. The molecule has 1 unspecified atom stereocenters. The average molecular weight is 189 g/mol. The van der Waals surface area contributed by atoms with Crippen molar-refractivity contribution < 1.29 is 38.3 Å². The molecule has 1 aromatic rings. The SMILES string of the molecule is [C-]#[N+]c1cccc(S(=O)[O-])c1.[Na+]. The molecule has 0 spiro atoms. The Labute approximate surface area is 95.2 Å². The number of hydrogen-bond acceptors (Lipinski definition) is 2. The Balaban J connectivity index is 0.00000121. The van der Waals surface area contributed by atoms with Crippen LogP contribution in [-0.2, 0) is 11.1 Å². The molecular weight excluding hydrogens is 185 g/mol. The first-order valence-electron chi connectivity index (χ1n) is 2.81. The van der Waals surface area contributed by atoms with E-state index in [4.69, 9.17) is 6.57 Å². The minimum Gasteiger partial charge on any atom is -0.768 e. The normalized spacial score (nSPS) is 11.0. The van der Waals surface area contributed by atoms with Crippen LogP contribution in [0, 0.1) is 6.57 Å². The molecule has 0 bridgehead atoms. The van der Waals surface area contributed by atoms with E-state index in [1.807, 2.05) is 0 Å². The predicted molar refractivity (Wildman–Crippen MR) is 39.9 cm³/mol. The van der Waals surface area contributed by atoms with Crippen LogP contribution in [0.1, 0.15) is 0 Å². The van der Waals surface area contributed by atoms with Crippen LogP contribution in [0.5, 0.6) is 0 Å². The summed E-state index contributed by atoms with van der Waals surface area (Å²) in [5.74, 6) is 0. The van der Waals surface area contributed by atoms with E-state index in [1.165, 1.54) is 12.1 Å². The van der Waals surface area contributed by atoms with E-state index in [9.17, 15) is 8.76 Å². The molecular formula is C7H4NNaO2S. The molecule has 1 atom stereocenters. The molecule has 0 amide bonds. The summed E-state index contributed by atoms with van der Waals surface area (Å²) in [6, 6.07) is 5.87. The van der Waals surface area contributed by atoms with Crippen LogP contribution in [0.2, 0.25) is 0 Å². The second kappa shape index (κ2) is 5.46. The van der Waals surface area contributed by atoms with E-state index >= 15 is 0 Å². The van der Waals surface area contributed by atoms with E-state index in [2.05, 4.69) is 4.85 Å². The quantitative estimate of drug-likeness (QED) is 0.306. The molecule has 0 aliphatic rings. The van der Waals surface area contributed by atoms with Crippen LogP contribution in [-0.4, -0.2) is 8.76 Å². The van der Waals surface area contributed by atoms with Crippen molar-refractivity contribution in [2.45, 2.75) is 4.90 Å². The van der Waals surface area contributed by atoms with E-state index < -0.39 is 11.1 Å². The Kier molecular flexibility index (Phi) is 5.38. The van der Waals surface area contributed by atoms with Crippen molar-refractivity contribution in [3.8, 4) is 0 Å². The molecule has 3 nitrogen and oxygen atoms in total. The fourth-order valence-corrected chi connectivity index (χ4v) is 1.06. The third-order valence-electron chi connectivity index (χ3n) is 1.14. The first-order chi connectivity index (χ1) is 5.24. The minimum absolute atomic E-state index is 0.